The monoisotopic (exact) mass is 372 g/mol. The predicted octanol–water partition coefficient (Wildman–Crippen LogP) is 4.16. The number of hydrogen-bond acceptors (Lipinski definition) is 2. The van der Waals surface area contributed by atoms with Crippen molar-refractivity contribution in [2.45, 2.75) is 19.9 Å². The van der Waals surface area contributed by atoms with Crippen molar-refractivity contribution in [3.05, 3.63) is 77.9 Å². The third kappa shape index (κ3) is 3.63. The fourth-order valence-electron chi connectivity index (χ4n) is 3.79. The highest BCUT2D eigenvalue weighted by molar-refractivity contribution is 6.00. The lowest BCUT2D eigenvalue weighted by molar-refractivity contribution is -0.128. The minimum absolute atomic E-state index is 0.00460. The second-order valence-corrected chi connectivity index (χ2v) is 7.59. The molecule has 0 bridgehead atoms. The average molecular weight is 372 g/mol. The van der Waals surface area contributed by atoms with Crippen LogP contribution in [-0.4, -0.2) is 30.3 Å². The largest absolute Gasteiger partial charge is 0.338 e. The van der Waals surface area contributed by atoms with E-state index in [0.717, 1.165) is 22.0 Å². The number of nitrogens with zero attached hydrogens (tertiary/aromatic N) is 2. The maximum absolute atomic E-state index is 13.0. The molecule has 4 rings (SSSR count). The van der Waals surface area contributed by atoms with Gasteiger partial charge in [-0.1, -0.05) is 60.2 Å². The first-order chi connectivity index (χ1) is 13.5. The van der Waals surface area contributed by atoms with Crippen LogP contribution in [0.3, 0.4) is 0 Å². The van der Waals surface area contributed by atoms with Gasteiger partial charge >= 0.3 is 0 Å². The number of benzene rings is 3. The summed E-state index contributed by atoms with van der Waals surface area (Å²) in [6.07, 6.45) is 0.280. The highest BCUT2D eigenvalue weighted by atomic mass is 16.2. The number of likely N-dealkylation sites (tertiary alicyclic amines) is 1. The molecule has 1 aliphatic rings. The summed E-state index contributed by atoms with van der Waals surface area (Å²) in [4.78, 5) is 28.9. The van der Waals surface area contributed by atoms with E-state index in [0.29, 0.717) is 13.1 Å². The Balaban J connectivity index is 1.46. The first-order valence-electron chi connectivity index (χ1n) is 9.61. The van der Waals surface area contributed by atoms with Gasteiger partial charge in [-0.05, 0) is 35.4 Å². The molecule has 0 N–H and O–H groups in total. The molecule has 0 aliphatic carbocycles. The SMILES string of the molecule is Cc1ccc(CN2CC(C(=O)N(C)c3ccc4ccccc4c3)CC2=O)cc1. The van der Waals surface area contributed by atoms with E-state index in [9.17, 15) is 9.59 Å². The van der Waals surface area contributed by atoms with Crippen molar-refractivity contribution in [3.8, 4) is 0 Å². The summed E-state index contributed by atoms with van der Waals surface area (Å²) >= 11 is 0. The maximum atomic E-state index is 13.0. The van der Waals surface area contributed by atoms with Gasteiger partial charge in [0.05, 0.1) is 5.92 Å². The van der Waals surface area contributed by atoms with Crippen molar-refractivity contribution in [3.63, 3.8) is 0 Å². The Morgan fingerprint density at radius 3 is 2.50 bits per heavy atom. The lowest BCUT2D eigenvalue weighted by atomic mass is 10.1. The number of anilines is 1. The highest BCUT2D eigenvalue weighted by Gasteiger charge is 2.36. The molecule has 1 heterocycles. The smallest absolute Gasteiger partial charge is 0.232 e. The Kier molecular flexibility index (Phi) is 4.86. The van der Waals surface area contributed by atoms with Crippen molar-refractivity contribution in [2.24, 2.45) is 5.92 Å². The van der Waals surface area contributed by atoms with Crippen LogP contribution in [0, 0.1) is 12.8 Å². The summed E-state index contributed by atoms with van der Waals surface area (Å²) in [5.41, 5.74) is 3.14. The van der Waals surface area contributed by atoms with E-state index in [-0.39, 0.29) is 24.2 Å². The molecule has 0 radical (unpaired) electrons. The third-order valence-electron chi connectivity index (χ3n) is 5.51. The number of amides is 2. The Morgan fingerprint density at radius 2 is 1.75 bits per heavy atom. The zero-order valence-corrected chi connectivity index (χ0v) is 16.3. The minimum atomic E-state index is -0.297. The summed E-state index contributed by atoms with van der Waals surface area (Å²) in [6, 6.07) is 22.3. The third-order valence-corrected chi connectivity index (χ3v) is 5.51. The molecule has 0 saturated carbocycles. The van der Waals surface area contributed by atoms with Gasteiger partial charge in [0, 0.05) is 32.2 Å². The molecular formula is C24H24N2O2. The molecular weight excluding hydrogens is 348 g/mol. The predicted molar refractivity (Wildman–Crippen MR) is 112 cm³/mol. The lowest BCUT2D eigenvalue weighted by Crippen LogP contribution is -2.34. The van der Waals surface area contributed by atoms with Gasteiger partial charge in [0.25, 0.3) is 0 Å². The topological polar surface area (TPSA) is 40.6 Å². The molecule has 1 unspecified atom stereocenters. The van der Waals surface area contributed by atoms with Gasteiger partial charge in [-0.25, -0.2) is 0 Å². The number of carbonyl (C=O) groups is 2. The van der Waals surface area contributed by atoms with Gasteiger partial charge in [-0.15, -0.1) is 0 Å². The van der Waals surface area contributed by atoms with Gasteiger partial charge in [0.1, 0.15) is 0 Å². The van der Waals surface area contributed by atoms with Crippen molar-refractivity contribution in [2.75, 3.05) is 18.5 Å². The molecule has 4 nitrogen and oxygen atoms in total. The summed E-state index contributed by atoms with van der Waals surface area (Å²) in [5, 5.41) is 2.25. The van der Waals surface area contributed by atoms with Crippen LogP contribution < -0.4 is 4.90 Å². The molecule has 28 heavy (non-hydrogen) atoms. The first kappa shape index (κ1) is 18.2. The average Bonchev–Trinajstić information content (AvgIpc) is 3.08. The molecule has 0 aromatic heterocycles. The normalized spacial score (nSPS) is 16.6. The molecule has 3 aromatic rings. The Hall–Kier alpha value is -3.14. The van der Waals surface area contributed by atoms with Crippen LogP contribution in [0.1, 0.15) is 17.5 Å². The highest BCUT2D eigenvalue weighted by Crippen LogP contribution is 2.26. The summed E-state index contributed by atoms with van der Waals surface area (Å²) < 4.78 is 0. The second kappa shape index (κ2) is 7.47. The number of aryl methyl sites for hydroxylation is 1. The van der Waals surface area contributed by atoms with E-state index in [1.54, 1.807) is 16.8 Å². The zero-order chi connectivity index (χ0) is 19.7. The van der Waals surface area contributed by atoms with Crippen molar-refractivity contribution in [1.29, 1.82) is 0 Å². The van der Waals surface area contributed by atoms with Crippen LogP contribution in [0.2, 0.25) is 0 Å². The summed E-state index contributed by atoms with van der Waals surface area (Å²) in [7, 11) is 1.79. The lowest BCUT2D eigenvalue weighted by Gasteiger charge is -2.22. The molecule has 142 valence electrons. The number of hydrogen-bond donors (Lipinski definition) is 0. The number of carbonyl (C=O) groups excluding carboxylic acids is 2. The molecule has 1 aliphatic heterocycles. The number of rotatable bonds is 4. The molecule has 1 atom stereocenters. The first-order valence-corrected chi connectivity index (χ1v) is 9.61. The van der Waals surface area contributed by atoms with Gasteiger partial charge in [-0.2, -0.15) is 0 Å². The molecule has 4 heteroatoms. The van der Waals surface area contributed by atoms with Gasteiger partial charge in [0.2, 0.25) is 11.8 Å². The second-order valence-electron chi connectivity index (χ2n) is 7.59. The van der Waals surface area contributed by atoms with E-state index in [2.05, 4.69) is 6.07 Å². The van der Waals surface area contributed by atoms with Crippen LogP contribution >= 0.6 is 0 Å². The van der Waals surface area contributed by atoms with E-state index >= 15 is 0 Å². The van der Waals surface area contributed by atoms with E-state index in [1.807, 2.05) is 67.6 Å². The van der Waals surface area contributed by atoms with Gasteiger partial charge < -0.3 is 9.80 Å². The Morgan fingerprint density at radius 1 is 1.04 bits per heavy atom. The summed E-state index contributed by atoms with van der Waals surface area (Å²) in [5.74, 6) is -0.254. The van der Waals surface area contributed by atoms with E-state index in [1.165, 1.54) is 5.56 Å². The Bertz CT molecular complexity index is 1030. The van der Waals surface area contributed by atoms with Crippen molar-refractivity contribution in [1.82, 2.24) is 4.90 Å². The van der Waals surface area contributed by atoms with Crippen LogP contribution in [0.4, 0.5) is 5.69 Å². The van der Waals surface area contributed by atoms with Gasteiger partial charge in [-0.3, -0.25) is 9.59 Å². The quantitative estimate of drug-likeness (QED) is 0.690. The zero-order valence-electron chi connectivity index (χ0n) is 16.3. The van der Waals surface area contributed by atoms with Crippen LogP contribution in [0.25, 0.3) is 10.8 Å². The summed E-state index contributed by atoms with van der Waals surface area (Å²) in [6.45, 7) is 3.08. The van der Waals surface area contributed by atoms with E-state index in [4.69, 9.17) is 0 Å². The number of fused-ring (bicyclic) bond motifs is 1. The molecule has 1 fully saturated rings. The van der Waals surface area contributed by atoms with Gasteiger partial charge in [0.15, 0.2) is 0 Å². The van der Waals surface area contributed by atoms with E-state index < -0.39 is 0 Å². The Labute approximate surface area is 165 Å². The van der Waals surface area contributed by atoms with Crippen LogP contribution in [0.15, 0.2) is 66.7 Å². The van der Waals surface area contributed by atoms with Crippen molar-refractivity contribution >= 4 is 28.3 Å². The molecule has 1 saturated heterocycles. The molecule has 3 aromatic carbocycles. The van der Waals surface area contributed by atoms with Crippen LogP contribution in [-0.2, 0) is 16.1 Å². The fraction of sp³-hybridized carbons (Fsp3) is 0.250. The fourth-order valence-corrected chi connectivity index (χ4v) is 3.79. The van der Waals surface area contributed by atoms with Crippen molar-refractivity contribution < 1.29 is 9.59 Å². The molecule has 0 spiro atoms. The standard InChI is InChI=1S/C24H24N2O2/c1-17-7-9-18(10-8-17)15-26-16-21(14-23(26)27)24(28)25(2)22-12-11-19-5-3-4-6-20(19)13-22/h3-13,21H,14-16H2,1-2H3. The van der Waals surface area contributed by atoms with Crippen LogP contribution in [0.5, 0.6) is 0 Å². The maximum Gasteiger partial charge on any atom is 0.232 e. The minimum Gasteiger partial charge on any atom is -0.338 e. The molecule has 2 amide bonds.